The summed E-state index contributed by atoms with van der Waals surface area (Å²) in [6.45, 7) is 4.09. The number of halogens is 1. The molecule has 0 N–H and O–H groups in total. The molecule has 0 bridgehead atoms. The van der Waals surface area contributed by atoms with E-state index >= 15 is 0 Å². The summed E-state index contributed by atoms with van der Waals surface area (Å²) in [7, 11) is -4.55. The molecular weight excluding hydrogens is 203 g/mol. The van der Waals surface area contributed by atoms with Gasteiger partial charge >= 0.3 is 10.2 Å². The molecule has 0 aliphatic rings. The average Bonchev–Trinajstić information content (AvgIpc) is 2.15. The van der Waals surface area contributed by atoms with E-state index in [-0.39, 0.29) is 4.90 Å². The van der Waals surface area contributed by atoms with Crippen molar-refractivity contribution < 1.29 is 12.3 Å². The Morgan fingerprint density at radius 2 is 1.79 bits per heavy atom. The lowest BCUT2D eigenvalue weighted by molar-refractivity contribution is 0.552. The van der Waals surface area contributed by atoms with Crippen molar-refractivity contribution in [2.24, 2.45) is 0 Å². The van der Waals surface area contributed by atoms with E-state index in [1.165, 1.54) is 12.1 Å². The largest absolute Gasteiger partial charge is 0.332 e. The molecule has 4 heteroatoms. The van der Waals surface area contributed by atoms with E-state index in [2.05, 4.69) is 0 Å². The lowest BCUT2D eigenvalue weighted by Gasteiger charge is -2.08. The third-order valence-electron chi connectivity index (χ3n) is 2.34. The van der Waals surface area contributed by atoms with Gasteiger partial charge in [-0.15, -0.1) is 3.89 Å². The molecule has 0 aromatic heterocycles. The molecule has 0 saturated heterocycles. The first-order valence-electron chi connectivity index (χ1n) is 4.49. The summed E-state index contributed by atoms with van der Waals surface area (Å²) >= 11 is 0. The summed E-state index contributed by atoms with van der Waals surface area (Å²) in [6, 6.07) is 5.91. The Morgan fingerprint density at radius 1 is 1.29 bits per heavy atom. The highest BCUT2D eigenvalue weighted by molar-refractivity contribution is 7.86. The van der Waals surface area contributed by atoms with Crippen molar-refractivity contribution in [3.63, 3.8) is 0 Å². The van der Waals surface area contributed by atoms with Gasteiger partial charge in [0.2, 0.25) is 0 Å². The molecule has 0 spiro atoms. The molecular formula is C10H13FO2S. The second-order valence-electron chi connectivity index (χ2n) is 3.32. The number of hydrogen-bond acceptors (Lipinski definition) is 2. The van der Waals surface area contributed by atoms with Crippen LogP contribution in [0.1, 0.15) is 31.7 Å². The van der Waals surface area contributed by atoms with Gasteiger partial charge in [0.1, 0.15) is 0 Å². The molecule has 14 heavy (non-hydrogen) atoms. The Balaban J connectivity index is 3.01. The first-order valence-corrected chi connectivity index (χ1v) is 5.88. The molecule has 0 aliphatic carbocycles. The summed E-state index contributed by atoms with van der Waals surface area (Å²) in [5, 5.41) is 0. The van der Waals surface area contributed by atoms with E-state index in [1.54, 1.807) is 12.1 Å². The van der Waals surface area contributed by atoms with Gasteiger partial charge < -0.3 is 0 Å². The smallest absolute Gasteiger partial charge is 0.189 e. The highest BCUT2D eigenvalue weighted by Crippen LogP contribution is 2.21. The highest BCUT2D eigenvalue weighted by atomic mass is 32.3. The van der Waals surface area contributed by atoms with Gasteiger partial charge in [-0.25, -0.2) is 0 Å². The topological polar surface area (TPSA) is 34.1 Å². The minimum atomic E-state index is -4.55. The molecule has 0 fully saturated rings. The minimum absolute atomic E-state index is 0.274. The van der Waals surface area contributed by atoms with Crippen LogP contribution < -0.4 is 0 Å². The quantitative estimate of drug-likeness (QED) is 0.728. The summed E-state index contributed by atoms with van der Waals surface area (Å²) in [4.78, 5) is -0.274. The standard InChI is InChI=1S/C10H13FO2S/c1-3-8(2)9-4-6-10(7-5-9)14(11,12)13/h4-8H,3H2,1-2H3. The molecule has 0 heterocycles. The van der Waals surface area contributed by atoms with Crippen LogP contribution in [0.5, 0.6) is 0 Å². The van der Waals surface area contributed by atoms with Crippen molar-refractivity contribution in [3.05, 3.63) is 29.8 Å². The summed E-state index contributed by atoms with van der Waals surface area (Å²) in [5.74, 6) is 0.367. The molecule has 2 nitrogen and oxygen atoms in total. The van der Waals surface area contributed by atoms with E-state index in [1.807, 2.05) is 13.8 Å². The molecule has 0 radical (unpaired) electrons. The van der Waals surface area contributed by atoms with Gasteiger partial charge in [-0.2, -0.15) is 8.42 Å². The van der Waals surface area contributed by atoms with Crippen LogP contribution >= 0.6 is 0 Å². The van der Waals surface area contributed by atoms with Crippen molar-refractivity contribution in [1.82, 2.24) is 0 Å². The summed E-state index contributed by atoms with van der Waals surface area (Å²) < 4.78 is 33.5. The lowest BCUT2D eigenvalue weighted by Crippen LogP contribution is -1.94. The first kappa shape index (κ1) is 11.2. The van der Waals surface area contributed by atoms with Crippen LogP contribution in [0.3, 0.4) is 0 Å². The zero-order valence-corrected chi connectivity index (χ0v) is 9.01. The van der Waals surface area contributed by atoms with Gasteiger partial charge in [0, 0.05) is 0 Å². The predicted octanol–water partition coefficient (Wildman–Crippen LogP) is 2.86. The second-order valence-corrected chi connectivity index (χ2v) is 4.66. The van der Waals surface area contributed by atoms with E-state index < -0.39 is 10.2 Å². The lowest BCUT2D eigenvalue weighted by atomic mass is 9.99. The first-order chi connectivity index (χ1) is 6.45. The van der Waals surface area contributed by atoms with E-state index in [0.29, 0.717) is 5.92 Å². The van der Waals surface area contributed by atoms with Crippen LogP contribution in [-0.2, 0) is 10.2 Å². The third kappa shape index (κ3) is 2.54. The molecule has 0 saturated carbocycles. The van der Waals surface area contributed by atoms with Gasteiger partial charge in [-0.3, -0.25) is 0 Å². The molecule has 0 amide bonds. The molecule has 0 aliphatic heterocycles. The summed E-state index contributed by atoms with van der Waals surface area (Å²) in [5.41, 5.74) is 1.03. The van der Waals surface area contributed by atoms with Crippen LogP contribution in [0.25, 0.3) is 0 Å². The number of benzene rings is 1. The van der Waals surface area contributed by atoms with Gasteiger partial charge in [0.15, 0.2) is 0 Å². The van der Waals surface area contributed by atoms with E-state index in [9.17, 15) is 12.3 Å². The monoisotopic (exact) mass is 216 g/mol. The Hall–Kier alpha value is -0.900. The average molecular weight is 216 g/mol. The van der Waals surface area contributed by atoms with Crippen molar-refractivity contribution in [2.75, 3.05) is 0 Å². The second kappa shape index (κ2) is 4.09. The van der Waals surface area contributed by atoms with Crippen molar-refractivity contribution in [3.8, 4) is 0 Å². The van der Waals surface area contributed by atoms with Crippen LogP contribution in [0.4, 0.5) is 3.89 Å². The predicted molar refractivity (Wildman–Crippen MR) is 53.4 cm³/mol. The molecule has 1 atom stereocenters. The van der Waals surface area contributed by atoms with Crippen molar-refractivity contribution in [2.45, 2.75) is 31.1 Å². The Kier molecular flexibility index (Phi) is 3.26. The zero-order valence-electron chi connectivity index (χ0n) is 8.20. The van der Waals surface area contributed by atoms with Crippen LogP contribution in [0, 0.1) is 0 Å². The van der Waals surface area contributed by atoms with Crippen LogP contribution in [0.2, 0.25) is 0 Å². The van der Waals surface area contributed by atoms with Crippen molar-refractivity contribution in [1.29, 1.82) is 0 Å². The molecule has 1 rings (SSSR count). The Bertz CT molecular complexity index is 395. The number of rotatable bonds is 3. The normalized spacial score (nSPS) is 13.9. The molecule has 1 aromatic rings. The molecule has 1 aromatic carbocycles. The maximum absolute atomic E-state index is 12.5. The Labute approximate surface area is 84.0 Å². The van der Waals surface area contributed by atoms with E-state index in [4.69, 9.17) is 0 Å². The number of hydrogen-bond donors (Lipinski definition) is 0. The molecule has 78 valence electrons. The fourth-order valence-corrected chi connectivity index (χ4v) is 1.66. The van der Waals surface area contributed by atoms with Gasteiger partial charge in [-0.1, -0.05) is 26.0 Å². The maximum Gasteiger partial charge on any atom is 0.332 e. The maximum atomic E-state index is 12.5. The SMILES string of the molecule is CCC(C)c1ccc(S(=O)(=O)F)cc1. The summed E-state index contributed by atoms with van der Waals surface area (Å²) in [6.07, 6.45) is 0.974. The fraction of sp³-hybridized carbons (Fsp3) is 0.400. The van der Waals surface area contributed by atoms with Crippen molar-refractivity contribution >= 4 is 10.2 Å². The van der Waals surface area contributed by atoms with Gasteiger partial charge in [0.05, 0.1) is 4.90 Å². The van der Waals surface area contributed by atoms with Crippen LogP contribution in [0.15, 0.2) is 29.2 Å². The third-order valence-corrected chi connectivity index (χ3v) is 3.18. The fourth-order valence-electron chi connectivity index (χ4n) is 1.19. The Morgan fingerprint density at radius 3 is 2.14 bits per heavy atom. The van der Waals surface area contributed by atoms with Crippen LogP contribution in [-0.4, -0.2) is 8.42 Å². The highest BCUT2D eigenvalue weighted by Gasteiger charge is 2.11. The molecule has 1 unspecified atom stereocenters. The van der Waals surface area contributed by atoms with Gasteiger partial charge in [0.25, 0.3) is 0 Å². The van der Waals surface area contributed by atoms with E-state index in [0.717, 1.165) is 12.0 Å². The zero-order chi connectivity index (χ0) is 10.8. The minimum Gasteiger partial charge on any atom is -0.189 e. The van der Waals surface area contributed by atoms with Gasteiger partial charge in [-0.05, 0) is 30.0 Å².